The number of benzene rings is 1. The average Bonchev–Trinajstić information content (AvgIpc) is 2.30. The van der Waals surface area contributed by atoms with Gasteiger partial charge in [-0.2, -0.15) is 0 Å². The van der Waals surface area contributed by atoms with Gasteiger partial charge in [0.1, 0.15) is 5.75 Å². The van der Waals surface area contributed by atoms with Crippen molar-refractivity contribution in [1.29, 1.82) is 0 Å². The van der Waals surface area contributed by atoms with Crippen molar-refractivity contribution < 1.29 is 25.2 Å². The lowest BCUT2D eigenvalue weighted by molar-refractivity contribution is -0.0229. The molecule has 6 nitrogen and oxygen atoms in total. The zero-order valence-corrected chi connectivity index (χ0v) is 9.60. The van der Waals surface area contributed by atoms with Crippen LogP contribution in [0, 0.1) is 0 Å². The molecule has 0 spiro atoms. The van der Waals surface area contributed by atoms with Crippen LogP contribution >= 0.6 is 0 Å². The first-order valence-electron chi connectivity index (χ1n) is 5.62. The monoisotopic (exact) mass is 253 g/mol. The van der Waals surface area contributed by atoms with E-state index in [1.165, 1.54) is 12.1 Å². The Balaban J connectivity index is 2.19. The minimum atomic E-state index is -1.16. The largest absolute Gasteiger partial charge is 0.508 e. The number of nitrogens with zero attached hydrogens (tertiary/aromatic N) is 1. The first-order valence-corrected chi connectivity index (χ1v) is 5.62. The van der Waals surface area contributed by atoms with Gasteiger partial charge in [0.15, 0.2) is 0 Å². The first-order chi connectivity index (χ1) is 8.49. The zero-order chi connectivity index (χ0) is 13.3. The molecule has 0 bridgehead atoms. The molecule has 1 fully saturated rings. The number of hydrogen-bond donors (Lipinski definition) is 4. The molecule has 6 heteroatoms. The first kappa shape index (κ1) is 12.7. The highest BCUT2D eigenvalue weighted by Crippen LogP contribution is 2.29. The summed E-state index contributed by atoms with van der Waals surface area (Å²) in [4.78, 5) is 11.8. The summed E-state index contributed by atoms with van der Waals surface area (Å²) in [6.45, 7) is -0.0596. The molecule has 1 heterocycles. The second kappa shape index (κ2) is 4.83. The van der Waals surface area contributed by atoms with E-state index in [1.54, 1.807) is 12.1 Å². The third-order valence-corrected chi connectivity index (χ3v) is 3.19. The maximum atomic E-state index is 10.8. The van der Waals surface area contributed by atoms with E-state index in [4.69, 9.17) is 5.11 Å². The van der Waals surface area contributed by atoms with E-state index >= 15 is 0 Å². The Morgan fingerprint density at radius 2 is 1.61 bits per heavy atom. The number of rotatable bonds is 1. The van der Waals surface area contributed by atoms with Gasteiger partial charge in [0.2, 0.25) is 0 Å². The van der Waals surface area contributed by atoms with E-state index in [0.29, 0.717) is 5.56 Å². The number of carbonyl (C=O) groups is 1. The summed E-state index contributed by atoms with van der Waals surface area (Å²) in [5.74, 6) is -0.438. The van der Waals surface area contributed by atoms with E-state index in [-0.39, 0.29) is 18.8 Å². The van der Waals surface area contributed by atoms with Gasteiger partial charge in [-0.15, -0.1) is 0 Å². The van der Waals surface area contributed by atoms with Gasteiger partial charge in [-0.05, 0) is 17.7 Å². The second-order valence-electron chi connectivity index (χ2n) is 4.44. The maximum absolute atomic E-state index is 10.8. The molecule has 0 radical (unpaired) electrons. The van der Waals surface area contributed by atoms with Gasteiger partial charge < -0.3 is 25.3 Å². The predicted octanol–water partition coefficient (Wildman–Crippen LogP) is 0.191. The molecule has 1 aromatic carbocycles. The molecule has 98 valence electrons. The lowest BCUT2D eigenvalue weighted by atomic mass is 9.85. The quantitative estimate of drug-likeness (QED) is 0.572. The Labute approximate surface area is 104 Å². The molecular weight excluding hydrogens is 238 g/mol. The number of hydrogen-bond acceptors (Lipinski definition) is 4. The number of phenols is 1. The molecule has 3 atom stereocenters. The highest BCUT2D eigenvalue weighted by atomic mass is 16.4. The van der Waals surface area contributed by atoms with Gasteiger partial charge >= 0.3 is 6.09 Å². The van der Waals surface area contributed by atoms with Crippen molar-refractivity contribution in [2.45, 2.75) is 18.1 Å². The van der Waals surface area contributed by atoms with Crippen molar-refractivity contribution in [1.82, 2.24) is 4.90 Å². The van der Waals surface area contributed by atoms with Gasteiger partial charge in [0.25, 0.3) is 0 Å². The van der Waals surface area contributed by atoms with Crippen LogP contribution in [0.15, 0.2) is 24.3 Å². The minimum absolute atomic E-state index is 0.0298. The number of amides is 1. The van der Waals surface area contributed by atoms with E-state index in [2.05, 4.69) is 0 Å². The van der Waals surface area contributed by atoms with E-state index in [9.17, 15) is 20.1 Å². The van der Waals surface area contributed by atoms with Gasteiger partial charge in [-0.3, -0.25) is 0 Å². The van der Waals surface area contributed by atoms with Crippen LogP contribution in [0.3, 0.4) is 0 Å². The lowest BCUT2D eigenvalue weighted by Gasteiger charge is -2.38. The van der Waals surface area contributed by atoms with Crippen molar-refractivity contribution in [3.8, 4) is 5.75 Å². The van der Waals surface area contributed by atoms with Crippen LogP contribution in [-0.2, 0) is 0 Å². The van der Waals surface area contributed by atoms with Crippen molar-refractivity contribution in [2.24, 2.45) is 0 Å². The third kappa shape index (κ3) is 2.39. The summed E-state index contributed by atoms with van der Waals surface area (Å²) < 4.78 is 0. The van der Waals surface area contributed by atoms with Crippen LogP contribution in [0.25, 0.3) is 0 Å². The fraction of sp³-hybridized carbons (Fsp3) is 0.417. The van der Waals surface area contributed by atoms with Crippen LogP contribution in [0.2, 0.25) is 0 Å². The number of β-amino-alcohol motifs (C(OH)–C–C–N with tert-alkyl or cyclic N) is 2. The standard InChI is InChI=1S/C12H15NO5/c14-8-3-1-7(2-4-8)11-9(15)5-13(12(17)18)6-10(11)16/h1-4,9-11,14-16H,5-6H2,(H,17,18)/t9-,10+,11-. The normalized spacial score (nSPS) is 28.1. The summed E-state index contributed by atoms with van der Waals surface area (Å²) >= 11 is 0. The van der Waals surface area contributed by atoms with E-state index in [1.807, 2.05) is 0 Å². The number of aliphatic hydroxyl groups is 2. The smallest absolute Gasteiger partial charge is 0.407 e. The molecule has 1 amide bonds. The summed E-state index contributed by atoms with van der Waals surface area (Å²) in [5, 5.41) is 37.9. The maximum Gasteiger partial charge on any atom is 0.407 e. The number of likely N-dealkylation sites (tertiary alicyclic amines) is 1. The van der Waals surface area contributed by atoms with Crippen LogP contribution in [-0.4, -0.2) is 56.7 Å². The van der Waals surface area contributed by atoms with Gasteiger partial charge in [-0.1, -0.05) is 12.1 Å². The second-order valence-corrected chi connectivity index (χ2v) is 4.44. The van der Waals surface area contributed by atoms with Gasteiger partial charge in [0.05, 0.1) is 25.3 Å². The fourth-order valence-electron chi connectivity index (χ4n) is 2.31. The lowest BCUT2D eigenvalue weighted by Crippen LogP contribution is -2.52. The topological polar surface area (TPSA) is 101 Å². The van der Waals surface area contributed by atoms with Gasteiger partial charge in [-0.25, -0.2) is 4.79 Å². The number of piperidine rings is 1. The van der Waals surface area contributed by atoms with Crippen LogP contribution in [0.5, 0.6) is 5.75 Å². The van der Waals surface area contributed by atoms with Crippen LogP contribution in [0.1, 0.15) is 11.5 Å². The molecule has 1 aliphatic heterocycles. The molecule has 0 unspecified atom stereocenters. The Morgan fingerprint density at radius 1 is 1.11 bits per heavy atom. The molecule has 0 saturated carbocycles. The molecule has 1 aromatic rings. The molecule has 1 saturated heterocycles. The highest BCUT2D eigenvalue weighted by Gasteiger charge is 2.37. The van der Waals surface area contributed by atoms with Crippen LogP contribution in [0.4, 0.5) is 4.79 Å². The Hall–Kier alpha value is -1.79. The molecule has 0 aromatic heterocycles. The molecule has 1 aliphatic rings. The third-order valence-electron chi connectivity index (χ3n) is 3.19. The minimum Gasteiger partial charge on any atom is -0.508 e. The van der Waals surface area contributed by atoms with Crippen molar-refractivity contribution in [3.05, 3.63) is 29.8 Å². The summed E-state index contributed by atoms with van der Waals surface area (Å²) in [7, 11) is 0. The number of carboxylic acid groups (broad SMARTS) is 1. The highest BCUT2D eigenvalue weighted by molar-refractivity contribution is 5.65. The molecular formula is C12H15NO5. The van der Waals surface area contributed by atoms with Crippen molar-refractivity contribution in [2.75, 3.05) is 13.1 Å². The van der Waals surface area contributed by atoms with Crippen molar-refractivity contribution in [3.63, 3.8) is 0 Å². The molecule has 2 rings (SSSR count). The number of phenolic OH excluding ortho intramolecular Hbond substituents is 1. The summed E-state index contributed by atoms with van der Waals surface area (Å²) in [6, 6.07) is 6.17. The van der Waals surface area contributed by atoms with E-state index in [0.717, 1.165) is 4.90 Å². The molecule has 4 N–H and O–H groups in total. The van der Waals surface area contributed by atoms with Crippen LogP contribution < -0.4 is 0 Å². The Kier molecular flexibility index (Phi) is 3.40. The SMILES string of the molecule is O=C(O)N1C[C@@H](O)[C@@H](c2ccc(O)cc2)[C@@H](O)C1. The summed E-state index contributed by atoms with van der Waals surface area (Å²) in [6.07, 6.45) is -3.08. The number of aromatic hydroxyl groups is 1. The number of aliphatic hydroxyl groups excluding tert-OH is 2. The fourth-order valence-corrected chi connectivity index (χ4v) is 2.31. The zero-order valence-electron chi connectivity index (χ0n) is 9.60. The molecule has 18 heavy (non-hydrogen) atoms. The summed E-state index contributed by atoms with van der Waals surface area (Å²) in [5.41, 5.74) is 0.679. The van der Waals surface area contributed by atoms with Gasteiger partial charge in [0, 0.05) is 5.92 Å². The average molecular weight is 253 g/mol. The Bertz CT molecular complexity index is 421. The van der Waals surface area contributed by atoms with E-state index < -0.39 is 24.2 Å². The Morgan fingerprint density at radius 3 is 2.06 bits per heavy atom. The predicted molar refractivity (Wildman–Crippen MR) is 62.5 cm³/mol. The van der Waals surface area contributed by atoms with Crippen molar-refractivity contribution >= 4 is 6.09 Å². The molecule has 0 aliphatic carbocycles.